The van der Waals surface area contributed by atoms with Gasteiger partial charge in [0.25, 0.3) is 0 Å². The summed E-state index contributed by atoms with van der Waals surface area (Å²) in [6, 6.07) is 6.83. The number of benzene rings is 1. The van der Waals surface area contributed by atoms with Crippen LogP contribution in [0.15, 0.2) is 24.3 Å². The summed E-state index contributed by atoms with van der Waals surface area (Å²) in [5.41, 5.74) is 0.941. The van der Waals surface area contributed by atoms with Gasteiger partial charge in [0.05, 0.1) is 62.1 Å². The maximum atomic E-state index is 13.0. The van der Waals surface area contributed by atoms with Gasteiger partial charge in [0, 0.05) is 0 Å². The van der Waals surface area contributed by atoms with E-state index in [9.17, 15) is 18.6 Å². The molecule has 1 aromatic rings. The SMILES string of the molecule is CC(C)OCC(O)CN1c2ccccc2N(CC(O)COC(C)C)S1(=O)=O. The first-order valence-corrected chi connectivity index (χ1v) is 10.5. The van der Waals surface area contributed by atoms with Gasteiger partial charge < -0.3 is 19.7 Å². The summed E-state index contributed by atoms with van der Waals surface area (Å²) >= 11 is 0. The van der Waals surface area contributed by atoms with Crippen molar-refractivity contribution in [2.24, 2.45) is 0 Å². The lowest BCUT2D eigenvalue weighted by molar-refractivity contribution is 0.00969. The molecule has 1 aliphatic rings. The molecular weight excluding hydrogens is 372 g/mol. The van der Waals surface area contributed by atoms with Crippen LogP contribution in [0.2, 0.25) is 0 Å². The van der Waals surface area contributed by atoms with E-state index in [1.165, 1.54) is 0 Å². The second kappa shape index (κ2) is 9.20. The van der Waals surface area contributed by atoms with Gasteiger partial charge in [-0.05, 0) is 39.8 Å². The van der Waals surface area contributed by atoms with Crippen molar-refractivity contribution in [1.82, 2.24) is 0 Å². The molecular formula is C18H30N2O6S. The van der Waals surface area contributed by atoms with Crippen molar-refractivity contribution in [3.63, 3.8) is 0 Å². The highest BCUT2D eigenvalue weighted by Crippen LogP contribution is 2.40. The number of aliphatic hydroxyl groups excluding tert-OH is 2. The highest BCUT2D eigenvalue weighted by molar-refractivity contribution is 7.94. The van der Waals surface area contributed by atoms with Crippen molar-refractivity contribution >= 4 is 21.6 Å². The van der Waals surface area contributed by atoms with Gasteiger partial charge >= 0.3 is 10.2 Å². The minimum Gasteiger partial charge on any atom is -0.389 e. The second-order valence-electron chi connectivity index (χ2n) is 7.13. The van der Waals surface area contributed by atoms with E-state index < -0.39 is 22.4 Å². The molecule has 1 aliphatic heterocycles. The minimum absolute atomic E-state index is 0.0384. The third kappa shape index (κ3) is 5.55. The van der Waals surface area contributed by atoms with Gasteiger partial charge in [-0.15, -0.1) is 0 Å². The molecule has 0 aliphatic carbocycles. The maximum Gasteiger partial charge on any atom is 0.326 e. The molecule has 1 aromatic carbocycles. The van der Waals surface area contributed by atoms with Gasteiger partial charge in [-0.2, -0.15) is 8.42 Å². The zero-order valence-corrected chi connectivity index (χ0v) is 17.1. The van der Waals surface area contributed by atoms with Crippen LogP contribution in [-0.2, 0) is 19.7 Å². The zero-order chi connectivity index (χ0) is 20.2. The number of nitrogens with zero attached hydrogens (tertiary/aromatic N) is 2. The summed E-state index contributed by atoms with van der Waals surface area (Å²) in [4.78, 5) is 0. The van der Waals surface area contributed by atoms with Gasteiger partial charge in [0.15, 0.2) is 0 Å². The Bertz CT molecular complexity index is 657. The van der Waals surface area contributed by atoms with Crippen LogP contribution in [0.4, 0.5) is 11.4 Å². The first-order chi connectivity index (χ1) is 12.6. The van der Waals surface area contributed by atoms with E-state index in [0.29, 0.717) is 11.4 Å². The summed E-state index contributed by atoms with van der Waals surface area (Å²) in [7, 11) is -3.92. The molecule has 2 unspecified atom stereocenters. The molecule has 2 rings (SSSR count). The fraction of sp³-hybridized carbons (Fsp3) is 0.667. The smallest absolute Gasteiger partial charge is 0.326 e. The number of ether oxygens (including phenoxy) is 2. The normalized spacial score (nSPS) is 18.2. The Morgan fingerprint density at radius 2 is 1.22 bits per heavy atom. The van der Waals surface area contributed by atoms with E-state index >= 15 is 0 Å². The Hall–Kier alpha value is -1.39. The van der Waals surface area contributed by atoms with Gasteiger partial charge in [0.2, 0.25) is 0 Å². The quantitative estimate of drug-likeness (QED) is 0.609. The van der Waals surface area contributed by atoms with Crippen LogP contribution >= 0.6 is 0 Å². The second-order valence-corrected chi connectivity index (χ2v) is 8.91. The van der Waals surface area contributed by atoms with E-state index in [0.717, 1.165) is 8.61 Å². The van der Waals surface area contributed by atoms with E-state index in [4.69, 9.17) is 9.47 Å². The minimum atomic E-state index is -3.92. The van der Waals surface area contributed by atoms with Crippen molar-refractivity contribution in [3.8, 4) is 0 Å². The van der Waals surface area contributed by atoms with Crippen molar-refractivity contribution < 1.29 is 28.1 Å². The molecule has 0 saturated carbocycles. The Morgan fingerprint density at radius 3 is 1.56 bits per heavy atom. The first-order valence-electron chi connectivity index (χ1n) is 9.11. The largest absolute Gasteiger partial charge is 0.389 e. The maximum absolute atomic E-state index is 13.0. The van der Waals surface area contributed by atoms with E-state index in [-0.39, 0.29) is 38.5 Å². The highest BCUT2D eigenvalue weighted by atomic mass is 32.2. The number of rotatable bonds is 10. The average Bonchev–Trinajstić information content (AvgIpc) is 2.79. The van der Waals surface area contributed by atoms with E-state index in [1.54, 1.807) is 24.3 Å². The summed E-state index contributed by atoms with van der Waals surface area (Å²) in [6.07, 6.45) is -2.06. The van der Waals surface area contributed by atoms with Crippen LogP contribution in [0.3, 0.4) is 0 Å². The molecule has 27 heavy (non-hydrogen) atoms. The number of hydrogen-bond acceptors (Lipinski definition) is 6. The highest BCUT2D eigenvalue weighted by Gasteiger charge is 2.41. The van der Waals surface area contributed by atoms with Crippen LogP contribution in [-0.4, -0.2) is 69.3 Å². The number of hydrogen-bond donors (Lipinski definition) is 2. The Kier molecular flexibility index (Phi) is 7.47. The molecule has 0 amide bonds. The van der Waals surface area contributed by atoms with Crippen LogP contribution < -0.4 is 8.61 Å². The number of fused-ring (bicyclic) bond motifs is 1. The molecule has 2 atom stereocenters. The van der Waals surface area contributed by atoms with E-state index in [2.05, 4.69) is 0 Å². The molecule has 0 aromatic heterocycles. The Labute approximate surface area is 161 Å². The number of para-hydroxylation sites is 2. The topological polar surface area (TPSA) is 99.5 Å². The molecule has 1 heterocycles. The molecule has 0 spiro atoms. The average molecular weight is 403 g/mol. The monoisotopic (exact) mass is 402 g/mol. The third-order valence-electron chi connectivity index (χ3n) is 3.97. The van der Waals surface area contributed by atoms with Gasteiger partial charge in [-0.3, -0.25) is 0 Å². The fourth-order valence-electron chi connectivity index (χ4n) is 2.73. The lowest BCUT2D eigenvalue weighted by Crippen LogP contribution is -2.45. The summed E-state index contributed by atoms with van der Waals surface area (Å²) in [5.74, 6) is 0. The van der Waals surface area contributed by atoms with Crippen LogP contribution in [0.5, 0.6) is 0 Å². The van der Waals surface area contributed by atoms with Crippen molar-refractivity contribution in [2.45, 2.75) is 52.1 Å². The van der Waals surface area contributed by atoms with Gasteiger partial charge in [0.1, 0.15) is 0 Å². The van der Waals surface area contributed by atoms with Gasteiger partial charge in [-0.25, -0.2) is 8.61 Å². The molecule has 2 N–H and O–H groups in total. The first kappa shape index (κ1) is 21.9. The fourth-order valence-corrected chi connectivity index (χ4v) is 4.50. The van der Waals surface area contributed by atoms with Crippen molar-refractivity contribution in [3.05, 3.63) is 24.3 Å². The number of β-amino-alcohol motifs (C(OH)–C–C–N with tert-alkyl or cyclic N) is 2. The molecule has 8 nitrogen and oxygen atoms in total. The number of anilines is 2. The molecule has 0 fully saturated rings. The van der Waals surface area contributed by atoms with Gasteiger partial charge in [-0.1, -0.05) is 12.1 Å². The summed E-state index contributed by atoms with van der Waals surface area (Å²) < 4.78 is 39.2. The van der Waals surface area contributed by atoms with Crippen molar-refractivity contribution in [1.29, 1.82) is 0 Å². The van der Waals surface area contributed by atoms with Crippen LogP contribution in [0.25, 0.3) is 0 Å². The lowest BCUT2D eigenvalue weighted by atomic mass is 10.2. The van der Waals surface area contributed by atoms with E-state index in [1.807, 2.05) is 27.7 Å². The number of aliphatic hydroxyl groups is 2. The summed E-state index contributed by atoms with van der Waals surface area (Å²) in [5, 5.41) is 20.4. The standard InChI is InChI=1S/C18H30N2O6S/c1-13(2)25-11-15(21)9-19-17-7-5-6-8-18(17)20(27(19,23)24)10-16(22)12-26-14(3)4/h5-8,13-16,21-22H,9-12H2,1-4H3. The molecule has 0 bridgehead atoms. The Balaban J connectivity index is 2.18. The molecule has 9 heteroatoms. The lowest BCUT2D eigenvalue weighted by Gasteiger charge is -2.25. The summed E-state index contributed by atoms with van der Waals surface area (Å²) in [6.45, 7) is 7.21. The molecule has 154 valence electrons. The van der Waals surface area contributed by atoms with Crippen LogP contribution in [0.1, 0.15) is 27.7 Å². The van der Waals surface area contributed by atoms with Crippen LogP contribution in [0, 0.1) is 0 Å². The molecule has 0 saturated heterocycles. The zero-order valence-electron chi connectivity index (χ0n) is 16.3. The van der Waals surface area contributed by atoms with Crippen molar-refractivity contribution in [2.75, 3.05) is 34.9 Å². The molecule has 0 radical (unpaired) electrons. The third-order valence-corrected chi connectivity index (χ3v) is 5.78. The Morgan fingerprint density at radius 1 is 0.852 bits per heavy atom. The predicted octanol–water partition coefficient (Wildman–Crippen LogP) is 1.13. The predicted molar refractivity (Wildman–Crippen MR) is 104 cm³/mol.